The van der Waals surface area contributed by atoms with Gasteiger partial charge in [0.2, 0.25) is 0 Å². The van der Waals surface area contributed by atoms with Crippen molar-refractivity contribution in [2.24, 2.45) is 5.92 Å². The molecule has 1 aromatic heterocycles. The maximum atomic E-state index is 10.2. The van der Waals surface area contributed by atoms with E-state index < -0.39 is 5.60 Å². The minimum Gasteiger partial charge on any atom is -0.389 e. The van der Waals surface area contributed by atoms with Gasteiger partial charge >= 0.3 is 0 Å². The lowest BCUT2D eigenvalue weighted by Gasteiger charge is -2.31. The zero-order valence-electron chi connectivity index (χ0n) is 10.5. The quantitative estimate of drug-likeness (QED) is 0.806. The molecule has 3 unspecified atom stereocenters. The molecule has 16 heavy (non-hydrogen) atoms. The molecule has 0 saturated heterocycles. The summed E-state index contributed by atoms with van der Waals surface area (Å²) < 4.78 is 0. The summed E-state index contributed by atoms with van der Waals surface area (Å²) in [5.74, 6) is 0.295. The molecule has 2 N–H and O–H groups in total. The van der Waals surface area contributed by atoms with Crippen molar-refractivity contribution < 1.29 is 5.11 Å². The van der Waals surface area contributed by atoms with Gasteiger partial charge in [-0.25, -0.2) is 4.98 Å². The topological polar surface area (TPSA) is 45.1 Å². The smallest absolute Gasteiger partial charge is 0.109 e. The first-order chi connectivity index (χ1) is 7.47. The highest BCUT2D eigenvalue weighted by Gasteiger charge is 2.27. The van der Waals surface area contributed by atoms with Crippen LogP contribution < -0.4 is 5.32 Å². The van der Waals surface area contributed by atoms with Crippen molar-refractivity contribution in [1.82, 2.24) is 10.3 Å². The van der Waals surface area contributed by atoms with Crippen LogP contribution in [0.5, 0.6) is 0 Å². The molecule has 3 nitrogen and oxygen atoms in total. The molecular formula is C12H22N2OS. The molecule has 0 spiro atoms. The number of hydrogen-bond donors (Lipinski definition) is 2. The summed E-state index contributed by atoms with van der Waals surface area (Å²) in [5.41, 5.74) is -0.653. The van der Waals surface area contributed by atoms with Crippen molar-refractivity contribution in [3.63, 3.8) is 0 Å². The van der Waals surface area contributed by atoms with Crippen molar-refractivity contribution in [3.05, 3.63) is 16.6 Å². The van der Waals surface area contributed by atoms with Gasteiger partial charge in [-0.3, -0.25) is 0 Å². The molecule has 0 saturated carbocycles. The van der Waals surface area contributed by atoms with Crippen LogP contribution in [0.2, 0.25) is 0 Å². The van der Waals surface area contributed by atoms with E-state index in [0.29, 0.717) is 12.5 Å². The lowest BCUT2D eigenvalue weighted by Crippen LogP contribution is -2.43. The third-order valence-corrected chi connectivity index (χ3v) is 4.22. The lowest BCUT2D eigenvalue weighted by atomic mass is 9.88. The van der Waals surface area contributed by atoms with Crippen LogP contribution >= 0.6 is 11.3 Å². The monoisotopic (exact) mass is 242 g/mol. The van der Waals surface area contributed by atoms with E-state index in [1.807, 2.05) is 18.5 Å². The number of rotatable bonds is 6. The molecule has 0 bridgehead atoms. The summed E-state index contributed by atoms with van der Waals surface area (Å²) in [5, 5.41) is 16.6. The van der Waals surface area contributed by atoms with E-state index >= 15 is 0 Å². The molecule has 0 amide bonds. The minimum absolute atomic E-state index is 0.204. The van der Waals surface area contributed by atoms with Crippen molar-refractivity contribution in [3.8, 4) is 0 Å². The van der Waals surface area contributed by atoms with Gasteiger partial charge in [-0.05, 0) is 19.8 Å². The van der Waals surface area contributed by atoms with Gasteiger partial charge in [0.05, 0.1) is 11.6 Å². The molecule has 1 aromatic rings. The first-order valence-corrected chi connectivity index (χ1v) is 6.70. The molecule has 1 heterocycles. The standard InChI is InChI=1S/C12H22N2OS/c1-5-9(2)12(4,15)8-14-10(3)11-13-6-7-16-11/h6-7,9-10,14-15H,5,8H2,1-4H3. The molecule has 0 aliphatic heterocycles. The van der Waals surface area contributed by atoms with E-state index in [1.165, 1.54) is 0 Å². The zero-order valence-corrected chi connectivity index (χ0v) is 11.3. The second-order valence-corrected chi connectivity index (χ2v) is 5.57. The van der Waals surface area contributed by atoms with Gasteiger partial charge in [0.15, 0.2) is 0 Å². The highest BCUT2D eigenvalue weighted by atomic mass is 32.1. The maximum absolute atomic E-state index is 10.2. The molecule has 1 rings (SSSR count). The van der Waals surface area contributed by atoms with Crippen LogP contribution in [-0.2, 0) is 0 Å². The average Bonchev–Trinajstić information content (AvgIpc) is 2.78. The Labute approximate surface area is 102 Å². The summed E-state index contributed by atoms with van der Waals surface area (Å²) in [6.45, 7) is 8.75. The number of nitrogens with zero attached hydrogens (tertiary/aromatic N) is 1. The van der Waals surface area contributed by atoms with Crippen LogP contribution in [0.15, 0.2) is 11.6 Å². The van der Waals surface area contributed by atoms with Gasteiger partial charge in [-0.15, -0.1) is 11.3 Å². The summed E-state index contributed by atoms with van der Waals surface area (Å²) in [4.78, 5) is 4.26. The highest BCUT2D eigenvalue weighted by Crippen LogP contribution is 2.21. The zero-order chi connectivity index (χ0) is 12.2. The van der Waals surface area contributed by atoms with Crippen molar-refractivity contribution in [2.45, 2.75) is 45.8 Å². The summed E-state index contributed by atoms with van der Waals surface area (Å²) in [7, 11) is 0. The summed E-state index contributed by atoms with van der Waals surface area (Å²) in [6, 6.07) is 0.204. The van der Waals surface area contributed by atoms with E-state index in [-0.39, 0.29) is 6.04 Å². The Balaban J connectivity index is 2.45. The Bertz CT molecular complexity index is 298. The van der Waals surface area contributed by atoms with E-state index in [4.69, 9.17) is 0 Å². The van der Waals surface area contributed by atoms with Crippen LogP contribution in [0.3, 0.4) is 0 Å². The third-order valence-electron chi connectivity index (χ3n) is 3.26. The van der Waals surface area contributed by atoms with Gasteiger partial charge in [-0.1, -0.05) is 20.3 Å². The molecular weight excluding hydrogens is 220 g/mol. The molecule has 0 aromatic carbocycles. The van der Waals surface area contributed by atoms with Crippen LogP contribution in [0.4, 0.5) is 0 Å². The SMILES string of the molecule is CCC(C)C(C)(O)CNC(C)c1nccs1. The Morgan fingerprint density at radius 3 is 2.75 bits per heavy atom. The van der Waals surface area contributed by atoms with Crippen molar-refractivity contribution >= 4 is 11.3 Å². The largest absolute Gasteiger partial charge is 0.389 e. The molecule has 0 aliphatic rings. The van der Waals surface area contributed by atoms with Gasteiger partial charge in [0.1, 0.15) is 5.01 Å². The molecule has 4 heteroatoms. The van der Waals surface area contributed by atoms with E-state index in [0.717, 1.165) is 11.4 Å². The van der Waals surface area contributed by atoms with Crippen LogP contribution in [0.1, 0.15) is 45.2 Å². The van der Waals surface area contributed by atoms with Crippen LogP contribution in [-0.4, -0.2) is 22.2 Å². The van der Waals surface area contributed by atoms with Crippen molar-refractivity contribution in [1.29, 1.82) is 0 Å². The Kier molecular flexibility index (Phi) is 4.89. The normalized spacial score (nSPS) is 19.1. The number of hydrogen-bond acceptors (Lipinski definition) is 4. The number of thiazole rings is 1. The van der Waals surface area contributed by atoms with E-state index in [9.17, 15) is 5.11 Å². The van der Waals surface area contributed by atoms with E-state index in [1.54, 1.807) is 11.3 Å². The minimum atomic E-state index is -0.653. The van der Waals surface area contributed by atoms with Gasteiger partial charge < -0.3 is 10.4 Å². The fourth-order valence-corrected chi connectivity index (χ4v) is 2.18. The number of aliphatic hydroxyl groups is 1. The first-order valence-electron chi connectivity index (χ1n) is 5.82. The van der Waals surface area contributed by atoms with Gasteiger partial charge in [0.25, 0.3) is 0 Å². The summed E-state index contributed by atoms with van der Waals surface area (Å²) >= 11 is 1.64. The lowest BCUT2D eigenvalue weighted by molar-refractivity contribution is 0.00365. The Morgan fingerprint density at radius 2 is 2.25 bits per heavy atom. The second-order valence-electron chi connectivity index (χ2n) is 4.64. The number of nitrogens with one attached hydrogen (secondary N) is 1. The fourth-order valence-electron chi connectivity index (χ4n) is 1.51. The van der Waals surface area contributed by atoms with Crippen LogP contribution in [0.25, 0.3) is 0 Å². The summed E-state index contributed by atoms with van der Waals surface area (Å²) in [6.07, 6.45) is 2.80. The van der Waals surface area contributed by atoms with Gasteiger partial charge in [0, 0.05) is 18.1 Å². The molecule has 0 fully saturated rings. The second kappa shape index (κ2) is 5.75. The number of aromatic nitrogens is 1. The highest BCUT2D eigenvalue weighted by molar-refractivity contribution is 7.09. The Hall–Kier alpha value is -0.450. The van der Waals surface area contributed by atoms with Crippen LogP contribution in [0, 0.1) is 5.92 Å². The third kappa shape index (κ3) is 3.54. The molecule has 0 radical (unpaired) electrons. The fraction of sp³-hybridized carbons (Fsp3) is 0.750. The Morgan fingerprint density at radius 1 is 1.56 bits per heavy atom. The average molecular weight is 242 g/mol. The molecule has 3 atom stereocenters. The van der Waals surface area contributed by atoms with Crippen molar-refractivity contribution in [2.75, 3.05) is 6.54 Å². The predicted molar refractivity (Wildman–Crippen MR) is 68.6 cm³/mol. The van der Waals surface area contributed by atoms with E-state index in [2.05, 4.69) is 31.1 Å². The predicted octanol–water partition coefficient (Wildman–Crippen LogP) is 2.59. The molecule has 0 aliphatic carbocycles. The maximum Gasteiger partial charge on any atom is 0.109 e. The van der Waals surface area contributed by atoms with Gasteiger partial charge in [-0.2, -0.15) is 0 Å². The molecule has 92 valence electrons. The first kappa shape index (κ1) is 13.6.